The smallest absolute Gasteiger partial charge is 0.225 e. The quantitative estimate of drug-likeness (QED) is 0.933. The van der Waals surface area contributed by atoms with Crippen LogP contribution in [0, 0.1) is 12.8 Å². The van der Waals surface area contributed by atoms with Crippen LogP contribution in [0.1, 0.15) is 12.0 Å². The van der Waals surface area contributed by atoms with Crippen molar-refractivity contribution in [3.63, 3.8) is 0 Å². The Morgan fingerprint density at radius 2 is 2.21 bits per heavy atom. The molecule has 19 heavy (non-hydrogen) atoms. The van der Waals surface area contributed by atoms with Gasteiger partial charge in [0, 0.05) is 28.5 Å². The lowest BCUT2D eigenvalue weighted by atomic mass is 10.1. The lowest BCUT2D eigenvalue weighted by Gasteiger charge is -2.11. The number of nitrogens with one attached hydrogen (secondary N) is 1. The summed E-state index contributed by atoms with van der Waals surface area (Å²) in [6.07, 6.45) is 1.72. The summed E-state index contributed by atoms with van der Waals surface area (Å²) >= 11 is 5.96. The van der Waals surface area contributed by atoms with Crippen molar-refractivity contribution in [3.05, 3.63) is 40.3 Å². The van der Waals surface area contributed by atoms with Gasteiger partial charge in [0.15, 0.2) is 9.84 Å². The lowest BCUT2D eigenvalue weighted by Crippen LogP contribution is -2.18. The molecule has 2 rings (SSSR count). The van der Waals surface area contributed by atoms with Crippen LogP contribution in [0.15, 0.2) is 29.7 Å². The monoisotopic (exact) mass is 299 g/mol. The molecular formula is C13H14ClNO3S. The average Bonchev–Trinajstić information content (AvgIpc) is 2.64. The predicted molar refractivity (Wildman–Crippen MR) is 75.9 cm³/mol. The molecule has 0 fully saturated rings. The van der Waals surface area contributed by atoms with Crippen LogP contribution in [-0.4, -0.2) is 20.1 Å². The van der Waals surface area contributed by atoms with Gasteiger partial charge in [-0.2, -0.15) is 0 Å². The van der Waals surface area contributed by atoms with Crippen LogP contribution in [0.3, 0.4) is 0 Å². The number of rotatable bonds is 3. The maximum Gasteiger partial charge on any atom is 0.225 e. The van der Waals surface area contributed by atoms with E-state index in [0.29, 0.717) is 10.7 Å². The molecule has 0 radical (unpaired) electrons. The summed E-state index contributed by atoms with van der Waals surface area (Å²) in [6, 6.07) is 5.27. The van der Waals surface area contributed by atoms with Crippen molar-refractivity contribution in [1.29, 1.82) is 0 Å². The van der Waals surface area contributed by atoms with Crippen molar-refractivity contribution in [3.8, 4) is 0 Å². The molecule has 1 aliphatic heterocycles. The molecule has 1 aromatic carbocycles. The highest BCUT2D eigenvalue weighted by Crippen LogP contribution is 2.24. The molecule has 1 aliphatic rings. The first-order valence-electron chi connectivity index (χ1n) is 5.83. The summed E-state index contributed by atoms with van der Waals surface area (Å²) in [4.78, 5) is 11.9. The fraction of sp³-hybridized carbons (Fsp3) is 0.308. The molecule has 0 bridgehead atoms. The third-order valence-electron chi connectivity index (χ3n) is 2.99. The van der Waals surface area contributed by atoms with Gasteiger partial charge in [-0.1, -0.05) is 23.7 Å². The Morgan fingerprint density at radius 1 is 1.47 bits per heavy atom. The van der Waals surface area contributed by atoms with Gasteiger partial charge in [0.2, 0.25) is 5.91 Å². The minimum absolute atomic E-state index is 0.00888. The molecule has 0 unspecified atom stereocenters. The first kappa shape index (κ1) is 14.1. The second kappa shape index (κ2) is 5.35. The van der Waals surface area contributed by atoms with Gasteiger partial charge in [-0.25, -0.2) is 8.42 Å². The third kappa shape index (κ3) is 3.58. The maximum absolute atomic E-state index is 11.9. The van der Waals surface area contributed by atoms with Gasteiger partial charge in [0.05, 0.1) is 5.75 Å². The highest BCUT2D eigenvalue weighted by Gasteiger charge is 2.23. The minimum atomic E-state index is -3.11. The Kier molecular flexibility index (Phi) is 3.96. The molecule has 1 amide bonds. The molecule has 0 saturated heterocycles. The van der Waals surface area contributed by atoms with E-state index in [4.69, 9.17) is 11.6 Å². The molecule has 1 heterocycles. The summed E-state index contributed by atoms with van der Waals surface area (Å²) < 4.78 is 22.5. The Balaban J connectivity index is 1.99. The molecule has 0 aromatic heterocycles. The number of carbonyl (C=O) groups is 1. The lowest BCUT2D eigenvalue weighted by molar-refractivity contribution is -0.116. The summed E-state index contributed by atoms with van der Waals surface area (Å²) in [5, 5.41) is 4.51. The van der Waals surface area contributed by atoms with Crippen molar-refractivity contribution in [2.45, 2.75) is 13.3 Å². The number of hydrogen-bond acceptors (Lipinski definition) is 3. The molecule has 1 aromatic rings. The van der Waals surface area contributed by atoms with E-state index in [1.807, 2.05) is 6.92 Å². The van der Waals surface area contributed by atoms with Crippen molar-refractivity contribution < 1.29 is 13.2 Å². The van der Waals surface area contributed by atoms with Crippen molar-refractivity contribution >= 4 is 33.0 Å². The van der Waals surface area contributed by atoms with Gasteiger partial charge in [0.25, 0.3) is 0 Å². The van der Waals surface area contributed by atoms with Crippen LogP contribution in [0.25, 0.3) is 0 Å². The third-order valence-corrected chi connectivity index (χ3v) is 4.87. The van der Waals surface area contributed by atoms with Crippen LogP contribution >= 0.6 is 11.6 Å². The first-order chi connectivity index (χ1) is 8.87. The number of benzene rings is 1. The highest BCUT2D eigenvalue weighted by atomic mass is 35.5. The van der Waals surface area contributed by atoms with Gasteiger partial charge in [0.1, 0.15) is 0 Å². The van der Waals surface area contributed by atoms with E-state index < -0.39 is 9.84 Å². The molecule has 0 saturated carbocycles. The number of carbonyl (C=O) groups excluding carboxylic acids is 1. The van der Waals surface area contributed by atoms with E-state index in [0.717, 1.165) is 5.56 Å². The Labute approximate surface area is 117 Å². The molecular weight excluding hydrogens is 286 g/mol. The Hall–Kier alpha value is -1.33. The number of hydrogen-bond donors (Lipinski definition) is 1. The molecule has 6 heteroatoms. The van der Waals surface area contributed by atoms with Crippen molar-refractivity contribution in [2.75, 3.05) is 11.1 Å². The standard InChI is InChI=1S/C13H14ClNO3S/c1-9-11(14)3-2-4-12(9)15-13(16)7-10-5-6-19(17,18)8-10/h2-6,10H,7-8H2,1H3,(H,15,16)/t10-/m0/s1. The minimum Gasteiger partial charge on any atom is -0.326 e. The van der Waals surface area contributed by atoms with E-state index in [2.05, 4.69) is 5.32 Å². The summed E-state index contributed by atoms with van der Waals surface area (Å²) in [7, 11) is -3.11. The van der Waals surface area contributed by atoms with E-state index >= 15 is 0 Å². The average molecular weight is 300 g/mol. The summed E-state index contributed by atoms with van der Waals surface area (Å²) in [6.45, 7) is 1.82. The normalized spacial score (nSPS) is 20.4. The Morgan fingerprint density at radius 3 is 2.84 bits per heavy atom. The van der Waals surface area contributed by atoms with Crippen LogP contribution in [-0.2, 0) is 14.6 Å². The topological polar surface area (TPSA) is 63.2 Å². The zero-order chi connectivity index (χ0) is 14.0. The second-order valence-electron chi connectivity index (χ2n) is 4.58. The zero-order valence-corrected chi connectivity index (χ0v) is 12.0. The Bertz CT molecular complexity index is 637. The fourth-order valence-electron chi connectivity index (χ4n) is 1.95. The van der Waals surface area contributed by atoms with E-state index in [1.165, 1.54) is 5.41 Å². The number of amides is 1. The highest BCUT2D eigenvalue weighted by molar-refractivity contribution is 7.94. The molecule has 1 N–H and O–H groups in total. The molecule has 102 valence electrons. The number of sulfone groups is 1. The van der Waals surface area contributed by atoms with E-state index in [9.17, 15) is 13.2 Å². The number of anilines is 1. The second-order valence-corrected chi connectivity index (χ2v) is 6.92. The van der Waals surface area contributed by atoms with Crippen LogP contribution in [0.2, 0.25) is 5.02 Å². The first-order valence-corrected chi connectivity index (χ1v) is 7.92. The molecule has 4 nitrogen and oxygen atoms in total. The predicted octanol–water partition coefficient (Wildman–Crippen LogP) is 2.54. The fourth-order valence-corrected chi connectivity index (χ4v) is 3.52. The molecule has 0 aliphatic carbocycles. The van der Waals surface area contributed by atoms with Gasteiger partial charge in [-0.15, -0.1) is 0 Å². The number of allylic oxidation sites excluding steroid dienone is 1. The van der Waals surface area contributed by atoms with Crippen molar-refractivity contribution in [1.82, 2.24) is 0 Å². The largest absolute Gasteiger partial charge is 0.326 e. The van der Waals surface area contributed by atoms with Crippen LogP contribution in [0.4, 0.5) is 5.69 Å². The van der Waals surface area contributed by atoms with Gasteiger partial charge in [-0.05, 0) is 24.6 Å². The van der Waals surface area contributed by atoms with Crippen molar-refractivity contribution in [2.24, 2.45) is 5.92 Å². The number of halogens is 1. The zero-order valence-electron chi connectivity index (χ0n) is 10.4. The molecule has 1 atom stereocenters. The van der Waals surface area contributed by atoms with Crippen LogP contribution in [0.5, 0.6) is 0 Å². The van der Waals surface area contributed by atoms with Crippen LogP contribution < -0.4 is 5.32 Å². The van der Waals surface area contributed by atoms with E-state index in [-0.39, 0.29) is 24.0 Å². The van der Waals surface area contributed by atoms with Gasteiger partial charge >= 0.3 is 0 Å². The molecule has 0 spiro atoms. The summed E-state index contributed by atoms with van der Waals surface area (Å²) in [5.74, 6) is -0.448. The summed E-state index contributed by atoms with van der Waals surface area (Å²) in [5.41, 5.74) is 1.45. The maximum atomic E-state index is 11.9. The van der Waals surface area contributed by atoms with Gasteiger partial charge < -0.3 is 5.32 Å². The van der Waals surface area contributed by atoms with Gasteiger partial charge in [-0.3, -0.25) is 4.79 Å². The SMILES string of the molecule is Cc1c(Cl)cccc1NC(=O)C[C@@H]1C=CS(=O)(=O)C1. The van der Waals surface area contributed by atoms with E-state index in [1.54, 1.807) is 24.3 Å².